The molecule has 1 saturated heterocycles. The van der Waals surface area contributed by atoms with Gasteiger partial charge in [-0.25, -0.2) is 8.42 Å². The number of aliphatic hydroxyl groups excluding tert-OH is 1. The lowest BCUT2D eigenvalue weighted by molar-refractivity contribution is 0.117. The number of nitrogens with zero attached hydrogens (tertiary/aromatic N) is 2. The number of sulfonamides is 1. The van der Waals surface area contributed by atoms with Crippen LogP contribution in [0.2, 0.25) is 0 Å². The lowest BCUT2D eigenvalue weighted by Gasteiger charge is -2.25. The maximum atomic E-state index is 13.3. The maximum absolute atomic E-state index is 13.3. The summed E-state index contributed by atoms with van der Waals surface area (Å²) in [6, 6.07) is 19.6. The fourth-order valence-corrected chi connectivity index (χ4v) is 6.34. The van der Waals surface area contributed by atoms with E-state index in [1.807, 2.05) is 36.4 Å². The first-order chi connectivity index (χ1) is 16.0. The zero-order valence-corrected chi connectivity index (χ0v) is 19.2. The number of furan rings is 1. The molecule has 7 nitrogen and oxygen atoms in total. The number of rotatable bonds is 9. The zero-order valence-electron chi connectivity index (χ0n) is 18.3. The number of aromatic nitrogens is 1. The smallest absolute Gasteiger partial charge is 0.217 e. The molecule has 0 amide bonds. The molecule has 174 valence electrons. The van der Waals surface area contributed by atoms with Crippen LogP contribution in [-0.2, 0) is 27.8 Å². The Labute approximate surface area is 193 Å². The molecule has 5 rings (SSSR count). The highest BCUT2D eigenvalue weighted by Gasteiger charge is 2.31. The van der Waals surface area contributed by atoms with E-state index in [1.54, 1.807) is 12.1 Å². The topological polar surface area (TPSA) is 84.9 Å². The minimum absolute atomic E-state index is 0.0312. The van der Waals surface area contributed by atoms with Crippen molar-refractivity contribution in [1.82, 2.24) is 8.87 Å². The molecule has 1 aliphatic heterocycles. The highest BCUT2D eigenvalue weighted by atomic mass is 32.2. The summed E-state index contributed by atoms with van der Waals surface area (Å²) in [6.07, 6.45) is 1.92. The molecule has 1 aliphatic rings. The van der Waals surface area contributed by atoms with E-state index in [1.165, 1.54) is 10.6 Å². The molecular weight excluding hydrogens is 440 g/mol. The molecule has 8 heteroatoms. The molecule has 1 N–H and O–H groups in total. The van der Waals surface area contributed by atoms with E-state index in [4.69, 9.17) is 9.15 Å². The van der Waals surface area contributed by atoms with Crippen LogP contribution in [0.1, 0.15) is 18.6 Å². The third-order valence-electron chi connectivity index (χ3n) is 6.21. The summed E-state index contributed by atoms with van der Waals surface area (Å²) in [5.41, 5.74) is 2.02. The monoisotopic (exact) mass is 468 g/mol. The number of fused-ring (bicyclic) bond motifs is 3. The fraction of sp³-hybridized carbons (Fsp3) is 0.360. The van der Waals surface area contributed by atoms with Crippen LogP contribution in [0.3, 0.4) is 0 Å². The molecule has 2 atom stereocenters. The average Bonchev–Trinajstić information content (AvgIpc) is 3.56. The standard InChI is InChI=1S/C25H28N2O5S/c28-19(16-27-24-11-3-1-9-22(24)23-10-2-4-12-25(23)27)15-26(17-20-7-5-13-31-20)33(29,30)18-21-8-6-14-32-21/h1-5,7,9-13,19,21,28H,6,8,14-18H2. The van der Waals surface area contributed by atoms with E-state index in [-0.39, 0.29) is 31.5 Å². The molecular formula is C25H28N2O5S. The van der Waals surface area contributed by atoms with Crippen LogP contribution in [-0.4, -0.2) is 53.5 Å². The Morgan fingerprint density at radius 2 is 1.73 bits per heavy atom. The molecule has 2 unspecified atom stereocenters. The highest BCUT2D eigenvalue weighted by molar-refractivity contribution is 7.89. The van der Waals surface area contributed by atoms with Gasteiger partial charge in [0, 0.05) is 35.0 Å². The summed E-state index contributed by atoms with van der Waals surface area (Å²) >= 11 is 0. The van der Waals surface area contributed by atoms with Gasteiger partial charge >= 0.3 is 0 Å². The largest absolute Gasteiger partial charge is 0.468 e. The van der Waals surface area contributed by atoms with Crippen LogP contribution < -0.4 is 0 Å². The van der Waals surface area contributed by atoms with Crippen molar-refractivity contribution >= 4 is 31.8 Å². The Kier molecular flexibility index (Phi) is 6.25. The average molecular weight is 469 g/mol. The van der Waals surface area contributed by atoms with E-state index in [0.717, 1.165) is 34.6 Å². The van der Waals surface area contributed by atoms with Gasteiger partial charge in [0.2, 0.25) is 10.0 Å². The van der Waals surface area contributed by atoms with Gasteiger partial charge in [0.05, 0.1) is 37.3 Å². The molecule has 4 aromatic rings. The Balaban J connectivity index is 1.41. The van der Waals surface area contributed by atoms with Gasteiger partial charge in [0.1, 0.15) is 5.76 Å². The predicted octanol–water partition coefficient (Wildman–Crippen LogP) is 3.76. The van der Waals surface area contributed by atoms with Gasteiger partial charge in [-0.15, -0.1) is 0 Å². The van der Waals surface area contributed by atoms with E-state index in [9.17, 15) is 13.5 Å². The third kappa shape index (κ3) is 4.70. The Morgan fingerprint density at radius 3 is 2.33 bits per heavy atom. The summed E-state index contributed by atoms with van der Waals surface area (Å²) in [6.45, 7) is 0.912. The normalized spacial score (nSPS) is 17.9. The molecule has 1 fully saturated rings. The molecule has 2 aromatic heterocycles. The minimum atomic E-state index is -3.66. The van der Waals surface area contributed by atoms with Crippen molar-refractivity contribution in [3.63, 3.8) is 0 Å². The third-order valence-corrected chi connectivity index (χ3v) is 8.07. The quantitative estimate of drug-likeness (QED) is 0.404. The van der Waals surface area contributed by atoms with Crippen LogP contribution in [0.25, 0.3) is 21.8 Å². The van der Waals surface area contributed by atoms with Crippen LogP contribution in [0.15, 0.2) is 71.3 Å². The van der Waals surface area contributed by atoms with Gasteiger partial charge in [0.15, 0.2) is 0 Å². The second-order valence-electron chi connectivity index (χ2n) is 8.58. The number of hydrogen-bond acceptors (Lipinski definition) is 5. The lowest BCUT2D eigenvalue weighted by atomic mass is 10.2. The highest BCUT2D eigenvalue weighted by Crippen LogP contribution is 2.29. The van der Waals surface area contributed by atoms with Gasteiger partial charge < -0.3 is 18.8 Å². The van der Waals surface area contributed by atoms with Crippen molar-refractivity contribution in [2.45, 2.75) is 38.1 Å². The maximum Gasteiger partial charge on any atom is 0.217 e. The summed E-state index contributed by atoms with van der Waals surface area (Å²) in [4.78, 5) is 0. The number of benzene rings is 2. The molecule has 0 saturated carbocycles. The van der Waals surface area contributed by atoms with Gasteiger partial charge in [-0.1, -0.05) is 36.4 Å². The van der Waals surface area contributed by atoms with Crippen LogP contribution in [0.5, 0.6) is 0 Å². The van der Waals surface area contributed by atoms with Crippen molar-refractivity contribution in [1.29, 1.82) is 0 Å². The first-order valence-corrected chi connectivity index (χ1v) is 12.9. The van der Waals surface area contributed by atoms with Crippen LogP contribution >= 0.6 is 0 Å². The summed E-state index contributed by atoms with van der Waals surface area (Å²) in [7, 11) is -3.66. The van der Waals surface area contributed by atoms with Gasteiger partial charge in [0.25, 0.3) is 0 Å². The summed E-state index contributed by atoms with van der Waals surface area (Å²) in [5.74, 6) is 0.450. The number of hydrogen-bond donors (Lipinski definition) is 1. The Morgan fingerprint density at radius 1 is 1.03 bits per heavy atom. The second-order valence-corrected chi connectivity index (χ2v) is 10.6. The van der Waals surface area contributed by atoms with Crippen LogP contribution in [0.4, 0.5) is 0 Å². The lowest BCUT2D eigenvalue weighted by Crippen LogP contribution is -2.41. The van der Waals surface area contributed by atoms with E-state index in [2.05, 4.69) is 16.7 Å². The molecule has 0 spiro atoms. The van der Waals surface area contributed by atoms with Crippen molar-refractivity contribution in [3.05, 3.63) is 72.7 Å². The number of aliphatic hydroxyl groups is 1. The van der Waals surface area contributed by atoms with Gasteiger partial charge in [-0.3, -0.25) is 0 Å². The van der Waals surface area contributed by atoms with E-state index >= 15 is 0 Å². The molecule has 33 heavy (non-hydrogen) atoms. The Hall–Kier alpha value is -2.65. The SMILES string of the molecule is O=S(=O)(CC1CCCO1)N(Cc1ccco1)CC(O)Cn1c2ccccc2c2ccccc21. The van der Waals surface area contributed by atoms with Crippen molar-refractivity contribution < 1.29 is 22.7 Å². The summed E-state index contributed by atoms with van der Waals surface area (Å²) < 4.78 is 40.9. The Bertz CT molecular complexity index is 1270. The second kappa shape index (κ2) is 9.30. The van der Waals surface area contributed by atoms with Crippen molar-refractivity contribution in [2.75, 3.05) is 18.9 Å². The first-order valence-electron chi connectivity index (χ1n) is 11.3. The number of para-hydroxylation sites is 2. The molecule has 0 aliphatic carbocycles. The first kappa shape index (κ1) is 22.2. The van der Waals surface area contributed by atoms with Gasteiger partial charge in [-0.2, -0.15) is 4.31 Å². The minimum Gasteiger partial charge on any atom is -0.468 e. The van der Waals surface area contributed by atoms with Crippen molar-refractivity contribution in [2.24, 2.45) is 0 Å². The summed E-state index contributed by atoms with van der Waals surface area (Å²) in [5, 5.41) is 13.3. The fourth-order valence-electron chi connectivity index (χ4n) is 4.67. The number of ether oxygens (including phenoxy) is 1. The molecule has 0 bridgehead atoms. The molecule has 3 heterocycles. The van der Waals surface area contributed by atoms with Crippen molar-refractivity contribution in [3.8, 4) is 0 Å². The van der Waals surface area contributed by atoms with E-state index in [0.29, 0.717) is 12.4 Å². The van der Waals surface area contributed by atoms with Crippen LogP contribution in [0, 0.1) is 0 Å². The predicted molar refractivity (Wildman–Crippen MR) is 127 cm³/mol. The zero-order chi connectivity index (χ0) is 22.8. The van der Waals surface area contributed by atoms with E-state index < -0.39 is 16.1 Å². The molecule has 0 radical (unpaired) electrons. The van der Waals surface area contributed by atoms with Gasteiger partial charge in [-0.05, 0) is 37.1 Å². The molecule has 2 aromatic carbocycles.